The molecular weight excluding hydrogens is 492 g/mol. The van der Waals surface area contributed by atoms with Crippen molar-refractivity contribution in [2.75, 3.05) is 6.61 Å². The van der Waals surface area contributed by atoms with Crippen LogP contribution in [0.15, 0.2) is 60.8 Å². The third kappa shape index (κ3) is 6.61. The Morgan fingerprint density at radius 2 is 1.57 bits per heavy atom. The summed E-state index contributed by atoms with van der Waals surface area (Å²) in [5, 5.41) is 1.10. The van der Waals surface area contributed by atoms with Gasteiger partial charge in [0.2, 0.25) is 0 Å². The summed E-state index contributed by atoms with van der Waals surface area (Å²) in [6, 6.07) is 14.6. The highest BCUT2D eigenvalue weighted by molar-refractivity contribution is 5.88. The van der Waals surface area contributed by atoms with Crippen molar-refractivity contribution in [2.24, 2.45) is 0 Å². The Balaban J connectivity index is 1.48. The van der Waals surface area contributed by atoms with Crippen molar-refractivity contribution in [2.45, 2.75) is 45.2 Å². The fourth-order valence-corrected chi connectivity index (χ4v) is 4.14. The second-order valence-corrected chi connectivity index (χ2v) is 8.92. The zero-order valence-corrected chi connectivity index (χ0v) is 20.1. The Kier molecular flexibility index (Phi) is 8.05. The number of aromatic nitrogens is 1. The van der Waals surface area contributed by atoms with Crippen molar-refractivity contribution < 1.29 is 31.1 Å². The molecule has 0 amide bonds. The van der Waals surface area contributed by atoms with Crippen LogP contribution in [0.1, 0.15) is 36.5 Å². The Labute approximate surface area is 210 Å². The maximum Gasteiger partial charge on any atom is 0.422 e. The predicted molar refractivity (Wildman–Crippen MR) is 131 cm³/mol. The van der Waals surface area contributed by atoms with E-state index in [0.717, 1.165) is 42.7 Å². The number of unbranched alkanes of at least 4 members (excludes halogenated alkanes) is 1. The van der Waals surface area contributed by atoms with Crippen LogP contribution in [0.25, 0.3) is 22.0 Å². The number of pyridine rings is 1. The minimum absolute atomic E-state index is 0.0855. The van der Waals surface area contributed by atoms with E-state index in [0.29, 0.717) is 16.3 Å². The topological polar surface area (TPSA) is 22.1 Å². The van der Waals surface area contributed by atoms with E-state index in [9.17, 15) is 22.0 Å². The summed E-state index contributed by atoms with van der Waals surface area (Å²) >= 11 is 0. The number of ether oxygens (including phenoxy) is 1. The summed E-state index contributed by atoms with van der Waals surface area (Å²) < 4.78 is 84.6. The number of fused-ring (bicyclic) bond motifs is 1. The molecule has 1 heterocycles. The van der Waals surface area contributed by atoms with Crippen molar-refractivity contribution in [3.8, 4) is 17.0 Å². The molecule has 0 unspecified atom stereocenters. The zero-order valence-electron chi connectivity index (χ0n) is 20.1. The van der Waals surface area contributed by atoms with E-state index >= 15 is 4.39 Å². The minimum atomic E-state index is -4.72. The average Bonchev–Trinajstić information content (AvgIpc) is 2.86. The van der Waals surface area contributed by atoms with E-state index < -0.39 is 36.0 Å². The molecule has 0 aliphatic carbocycles. The molecule has 0 aliphatic heterocycles. The first-order chi connectivity index (χ1) is 17.6. The van der Waals surface area contributed by atoms with Gasteiger partial charge in [-0.2, -0.15) is 13.2 Å². The molecule has 0 bridgehead atoms. The Hall–Kier alpha value is -3.55. The van der Waals surface area contributed by atoms with Crippen LogP contribution in [0.5, 0.6) is 5.75 Å². The maximum atomic E-state index is 15.2. The van der Waals surface area contributed by atoms with E-state index in [4.69, 9.17) is 0 Å². The molecular formula is C29H25F6NO. The quantitative estimate of drug-likeness (QED) is 0.208. The van der Waals surface area contributed by atoms with Gasteiger partial charge in [0.05, 0.1) is 5.69 Å². The number of hydrogen-bond donors (Lipinski definition) is 0. The molecule has 0 atom stereocenters. The summed E-state index contributed by atoms with van der Waals surface area (Å²) in [6.07, 6.45) is 0.560. The van der Waals surface area contributed by atoms with Crippen molar-refractivity contribution in [1.82, 2.24) is 4.98 Å². The van der Waals surface area contributed by atoms with Crippen LogP contribution in [0.3, 0.4) is 0 Å². The highest BCUT2D eigenvalue weighted by atomic mass is 19.4. The predicted octanol–water partition coefficient (Wildman–Crippen LogP) is 8.39. The molecule has 8 heteroatoms. The Morgan fingerprint density at radius 1 is 0.811 bits per heavy atom. The number of aryl methyl sites for hydroxylation is 3. The van der Waals surface area contributed by atoms with Crippen molar-refractivity contribution >= 4 is 10.8 Å². The first kappa shape index (κ1) is 26.5. The van der Waals surface area contributed by atoms with Crippen LogP contribution in [0, 0.1) is 17.5 Å². The average molecular weight is 518 g/mol. The largest absolute Gasteiger partial charge is 0.478 e. The summed E-state index contributed by atoms with van der Waals surface area (Å²) in [5.74, 6) is -3.99. The van der Waals surface area contributed by atoms with E-state index in [1.54, 1.807) is 24.3 Å². The van der Waals surface area contributed by atoms with Crippen LogP contribution in [-0.4, -0.2) is 17.8 Å². The van der Waals surface area contributed by atoms with Gasteiger partial charge in [-0.3, -0.25) is 4.98 Å². The molecule has 0 saturated carbocycles. The zero-order chi connectivity index (χ0) is 26.6. The lowest BCUT2D eigenvalue weighted by molar-refractivity contribution is -0.154. The second kappa shape index (κ2) is 11.2. The van der Waals surface area contributed by atoms with Gasteiger partial charge < -0.3 is 4.74 Å². The molecule has 4 rings (SSSR count). The lowest BCUT2D eigenvalue weighted by atomic mass is 9.98. The van der Waals surface area contributed by atoms with Gasteiger partial charge in [0.25, 0.3) is 0 Å². The number of benzene rings is 3. The van der Waals surface area contributed by atoms with E-state index in [1.165, 1.54) is 5.56 Å². The number of alkyl halides is 3. The normalized spacial score (nSPS) is 11.8. The maximum absolute atomic E-state index is 15.2. The van der Waals surface area contributed by atoms with Crippen molar-refractivity contribution in [3.63, 3.8) is 0 Å². The molecule has 0 fully saturated rings. The molecule has 0 saturated heterocycles. The standard InChI is InChI=1S/C29H25F6NO/c1-2-3-4-18-6-12-26(36-16-18)22-10-11-23-21(15-22)9-8-20(27(23)32)7-5-19-13-24(30)28(25(31)14-19)37-17-29(33,34)35/h6,8-16H,2-5,7,17H2,1H3. The van der Waals surface area contributed by atoms with Gasteiger partial charge in [0.1, 0.15) is 5.82 Å². The van der Waals surface area contributed by atoms with Gasteiger partial charge in [-0.15, -0.1) is 0 Å². The first-order valence-electron chi connectivity index (χ1n) is 12.0. The minimum Gasteiger partial charge on any atom is -0.478 e. The lowest BCUT2D eigenvalue weighted by Gasteiger charge is -2.12. The molecule has 1 aromatic heterocycles. The first-order valence-corrected chi connectivity index (χ1v) is 12.0. The van der Waals surface area contributed by atoms with Crippen LogP contribution < -0.4 is 4.74 Å². The lowest BCUT2D eigenvalue weighted by Crippen LogP contribution is -2.20. The second-order valence-electron chi connectivity index (χ2n) is 8.92. The fraction of sp³-hybridized carbons (Fsp3) is 0.276. The SMILES string of the molecule is CCCCc1ccc(-c2ccc3c(F)c(CCc4cc(F)c(OCC(F)(F)F)c(F)c4)ccc3c2)nc1. The fourth-order valence-electron chi connectivity index (χ4n) is 4.14. The van der Waals surface area contributed by atoms with Crippen LogP contribution in [0.2, 0.25) is 0 Å². The van der Waals surface area contributed by atoms with E-state index in [2.05, 4.69) is 16.6 Å². The van der Waals surface area contributed by atoms with Gasteiger partial charge in [-0.05, 0) is 72.0 Å². The number of hydrogen-bond acceptors (Lipinski definition) is 2. The smallest absolute Gasteiger partial charge is 0.422 e. The summed E-state index contributed by atoms with van der Waals surface area (Å²) in [7, 11) is 0. The third-order valence-electron chi connectivity index (χ3n) is 6.09. The van der Waals surface area contributed by atoms with Crippen LogP contribution in [-0.2, 0) is 19.3 Å². The van der Waals surface area contributed by atoms with E-state index in [1.807, 2.05) is 24.4 Å². The van der Waals surface area contributed by atoms with E-state index in [-0.39, 0.29) is 18.4 Å². The number of nitrogens with zero attached hydrogens (tertiary/aromatic N) is 1. The summed E-state index contributed by atoms with van der Waals surface area (Å²) in [4.78, 5) is 4.54. The highest BCUT2D eigenvalue weighted by Crippen LogP contribution is 2.29. The Bertz CT molecular complexity index is 1360. The van der Waals surface area contributed by atoms with Crippen molar-refractivity contribution in [1.29, 1.82) is 0 Å². The molecule has 194 valence electrons. The summed E-state index contributed by atoms with van der Waals surface area (Å²) in [6.45, 7) is 0.337. The van der Waals surface area contributed by atoms with Gasteiger partial charge in [-0.25, -0.2) is 13.2 Å². The number of halogens is 6. The molecule has 37 heavy (non-hydrogen) atoms. The van der Waals surface area contributed by atoms with Gasteiger partial charge in [-0.1, -0.05) is 43.7 Å². The molecule has 3 aromatic carbocycles. The van der Waals surface area contributed by atoms with Crippen LogP contribution >= 0.6 is 0 Å². The molecule has 0 spiro atoms. The molecule has 0 radical (unpaired) electrons. The molecule has 2 nitrogen and oxygen atoms in total. The molecule has 0 aliphatic rings. The van der Waals surface area contributed by atoms with Gasteiger partial charge >= 0.3 is 6.18 Å². The summed E-state index contributed by atoms with van der Waals surface area (Å²) in [5.41, 5.74) is 3.36. The van der Waals surface area contributed by atoms with Crippen LogP contribution in [0.4, 0.5) is 26.3 Å². The van der Waals surface area contributed by atoms with Crippen molar-refractivity contribution in [3.05, 3.63) is 94.9 Å². The molecule has 0 N–H and O–H groups in total. The molecule has 4 aromatic rings. The third-order valence-corrected chi connectivity index (χ3v) is 6.09. The monoisotopic (exact) mass is 517 g/mol. The Morgan fingerprint density at radius 3 is 2.22 bits per heavy atom. The van der Waals surface area contributed by atoms with Gasteiger partial charge in [0, 0.05) is 17.1 Å². The highest BCUT2D eigenvalue weighted by Gasteiger charge is 2.30. The van der Waals surface area contributed by atoms with Gasteiger partial charge in [0.15, 0.2) is 24.0 Å². The number of rotatable bonds is 9.